The molecule has 0 bridgehead atoms. The van der Waals surface area contributed by atoms with Crippen molar-refractivity contribution in [3.8, 4) is 5.75 Å². The van der Waals surface area contributed by atoms with Crippen molar-refractivity contribution in [2.45, 2.75) is 20.5 Å². The fourth-order valence-electron chi connectivity index (χ4n) is 1.59. The largest absolute Gasteiger partial charge is 0.488 e. The van der Waals surface area contributed by atoms with Gasteiger partial charge in [-0.25, -0.2) is 0 Å². The number of non-ortho nitro benzene ring substituents is 1. The zero-order valence-electron chi connectivity index (χ0n) is 12.0. The van der Waals surface area contributed by atoms with Crippen LogP contribution in [0, 0.1) is 10.1 Å². The topological polar surface area (TPSA) is 69.4 Å². The maximum absolute atomic E-state index is 10.9. The first-order valence-corrected chi connectivity index (χ1v) is 6.61. The number of ether oxygens (including phenoxy) is 1. The fourth-order valence-corrected chi connectivity index (χ4v) is 1.59. The van der Waals surface area contributed by atoms with Gasteiger partial charge in [-0.05, 0) is 11.6 Å². The van der Waals surface area contributed by atoms with E-state index in [1.54, 1.807) is 0 Å². The van der Waals surface area contributed by atoms with Gasteiger partial charge in [0, 0.05) is 6.07 Å². The summed E-state index contributed by atoms with van der Waals surface area (Å²) in [5.41, 5.74) is 1.11. The smallest absolute Gasteiger partial charge is 0.273 e. The molecule has 0 fully saturated rings. The van der Waals surface area contributed by atoms with E-state index in [4.69, 9.17) is 4.74 Å². The molecule has 0 unspecified atom stereocenters. The summed E-state index contributed by atoms with van der Waals surface area (Å²) in [6, 6.07) is 13.3. The first-order valence-electron chi connectivity index (χ1n) is 6.61. The second kappa shape index (κ2) is 8.47. The van der Waals surface area contributed by atoms with Gasteiger partial charge in [-0.2, -0.15) is 0 Å². The summed E-state index contributed by atoms with van der Waals surface area (Å²) in [4.78, 5) is 21.0. The van der Waals surface area contributed by atoms with Crippen molar-refractivity contribution in [3.05, 3.63) is 69.8 Å². The van der Waals surface area contributed by atoms with Crippen molar-refractivity contribution < 1.29 is 14.5 Å². The Balaban J connectivity index is 0.00000106. The van der Waals surface area contributed by atoms with Crippen LogP contribution in [-0.4, -0.2) is 11.2 Å². The quantitative estimate of drug-likeness (QED) is 0.473. The van der Waals surface area contributed by atoms with E-state index in [0.29, 0.717) is 11.8 Å². The van der Waals surface area contributed by atoms with Crippen molar-refractivity contribution in [3.63, 3.8) is 0 Å². The summed E-state index contributed by atoms with van der Waals surface area (Å²) in [6.45, 7) is 4.25. The molecule has 0 aliphatic carbocycles. The van der Waals surface area contributed by atoms with Crippen LogP contribution in [-0.2, 0) is 6.61 Å². The standard InChI is InChI=1S/C14H11NO4.C2H6/c16-9-12-6-7-13(15(17)18)8-14(12)19-10-11-4-2-1-3-5-11;1-2/h1-9H,10H2;1-2H3. The Morgan fingerprint density at radius 1 is 1.14 bits per heavy atom. The van der Waals surface area contributed by atoms with Gasteiger partial charge in [0.25, 0.3) is 5.69 Å². The molecular weight excluding hydrogens is 270 g/mol. The van der Waals surface area contributed by atoms with Gasteiger partial charge in [0.1, 0.15) is 12.4 Å². The number of hydrogen-bond donors (Lipinski definition) is 0. The van der Waals surface area contributed by atoms with Crippen LogP contribution in [0.1, 0.15) is 29.8 Å². The lowest BCUT2D eigenvalue weighted by molar-refractivity contribution is -0.384. The average molecular weight is 287 g/mol. The number of rotatable bonds is 5. The Kier molecular flexibility index (Phi) is 6.60. The second-order valence-electron chi connectivity index (χ2n) is 3.87. The van der Waals surface area contributed by atoms with Gasteiger partial charge < -0.3 is 4.74 Å². The third-order valence-electron chi connectivity index (χ3n) is 2.57. The minimum atomic E-state index is -0.524. The third-order valence-corrected chi connectivity index (χ3v) is 2.57. The predicted molar refractivity (Wildman–Crippen MR) is 80.6 cm³/mol. The molecule has 2 aromatic rings. The Morgan fingerprint density at radius 3 is 2.38 bits per heavy atom. The predicted octanol–water partition coefficient (Wildman–Crippen LogP) is 4.01. The lowest BCUT2D eigenvalue weighted by atomic mass is 10.2. The SMILES string of the molecule is CC.O=Cc1ccc([N+](=O)[O-])cc1OCc1ccccc1. The Bertz CT molecular complexity index is 596. The number of nitro benzene ring substituents is 1. The van der Waals surface area contributed by atoms with Crippen LogP contribution in [0.3, 0.4) is 0 Å². The first-order chi connectivity index (χ1) is 10.2. The Hall–Kier alpha value is -2.69. The highest BCUT2D eigenvalue weighted by molar-refractivity contribution is 5.80. The highest BCUT2D eigenvalue weighted by Crippen LogP contribution is 2.24. The lowest BCUT2D eigenvalue weighted by Gasteiger charge is -2.08. The molecule has 0 atom stereocenters. The van der Waals surface area contributed by atoms with Gasteiger partial charge in [-0.15, -0.1) is 0 Å². The maximum Gasteiger partial charge on any atom is 0.273 e. The minimum Gasteiger partial charge on any atom is -0.488 e. The number of benzene rings is 2. The van der Waals surface area contributed by atoms with Crippen LogP contribution in [0.2, 0.25) is 0 Å². The number of carbonyl (C=O) groups excluding carboxylic acids is 1. The molecule has 0 aliphatic rings. The van der Waals surface area contributed by atoms with Crippen LogP contribution < -0.4 is 4.74 Å². The average Bonchev–Trinajstić information content (AvgIpc) is 2.55. The van der Waals surface area contributed by atoms with Crippen LogP contribution in [0.5, 0.6) is 5.75 Å². The van der Waals surface area contributed by atoms with Gasteiger partial charge in [0.15, 0.2) is 6.29 Å². The number of aldehydes is 1. The minimum absolute atomic E-state index is 0.103. The molecule has 0 aromatic heterocycles. The molecule has 0 amide bonds. The first kappa shape index (κ1) is 16.4. The summed E-state index contributed by atoms with van der Waals surface area (Å²) in [5, 5.41) is 10.7. The molecule has 2 rings (SSSR count). The van der Waals surface area contributed by atoms with Crippen LogP contribution in [0.15, 0.2) is 48.5 Å². The van der Waals surface area contributed by atoms with Gasteiger partial charge in [0.05, 0.1) is 16.6 Å². The monoisotopic (exact) mass is 287 g/mol. The Morgan fingerprint density at radius 2 is 1.81 bits per heavy atom. The van der Waals surface area contributed by atoms with Crippen molar-refractivity contribution in [1.82, 2.24) is 0 Å². The molecule has 0 radical (unpaired) electrons. The van der Waals surface area contributed by atoms with Crippen molar-refractivity contribution in [2.75, 3.05) is 0 Å². The molecule has 2 aromatic carbocycles. The third kappa shape index (κ3) is 4.72. The fraction of sp³-hybridized carbons (Fsp3) is 0.188. The van der Waals surface area contributed by atoms with E-state index in [2.05, 4.69) is 0 Å². The van der Waals surface area contributed by atoms with Crippen molar-refractivity contribution in [2.24, 2.45) is 0 Å². The number of carbonyl (C=O) groups is 1. The molecule has 5 heteroatoms. The van der Waals surface area contributed by atoms with Gasteiger partial charge in [0.2, 0.25) is 0 Å². The van der Waals surface area contributed by atoms with Crippen LogP contribution >= 0.6 is 0 Å². The lowest BCUT2D eigenvalue weighted by Crippen LogP contribution is -1.99. The molecule has 0 N–H and O–H groups in total. The summed E-state index contributed by atoms with van der Waals surface area (Å²) >= 11 is 0. The molecule has 5 nitrogen and oxygen atoms in total. The van der Waals surface area contributed by atoms with E-state index in [0.717, 1.165) is 5.56 Å². The van der Waals surface area contributed by atoms with E-state index in [1.165, 1.54) is 18.2 Å². The van der Waals surface area contributed by atoms with E-state index in [9.17, 15) is 14.9 Å². The van der Waals surface area contributed by atoms with E-state index < -0.39 is 4.92 Å². The normalized spacial score (nSPS) is 9.24. The molecule has 110 valence electrons. The van der Waals surface area contributed by atoms with Gasteiger partial charge >= 0.3 is 0 Å². The summed E-state index contributed by atoms with van der Waals surface area (Å²) < 4.78 is 5.47. The summed E-state index contributed by atoms with van der Waals surface area (Å²) in [6.07, 6.45) is 0.615. The van der Waals surface area contributed by atoms with Gasteiger partial charge in [-0.1, -0.05) is 44.2 Å². The second-order valence-corrected chi connectivity index (χ2v) is 3.87. The van der Waals surface area contributed by atoms with Crippen LogP contribution in [0.4, 0.5) is 5.69 Å². The number of nitro groups is 1. The van der Waals surface area contributed by atoms with Crippen molar-refractivity contribution in [1.29, 1.82) is 0 Å². The maximum atomic E-state index is 10.9. The van der Waals surface area contributed by atoms with Crippen molar-refractivity contribution >= 4 is 12.0 Å². The summed E-state index contributed by atoms with van der Waals surface area (Å²) in [5.74, 6) is 0.216. The summed E-state index contributed by atoms with van der Waals surface area (Å²) in [7, 11) is 0. The highest BCUT2D eigenvalue weighted by Gasteiger charge is 2.11. The number of nitrogens with zero attached hydrogens (tertiary/aromatic N) is 1. The zero-order chi connectivity index (χ0) is 15.7. The molecule has 0 heterocycles. The molecule has 0 saturated carbocycles. The molecule has 0 saturated heterocycles. The van der Waals surface area contributed by atoms with E-state index >= 15 is 0 Å². The number of hydrogen-bond acceptors (Lipinski definition) is 4. The highest BCUT2D eigenvalue weighted by atomic mass is 16.6. The zero-order valence-corrected chi connectivity index (χ0v) is 12.0. The molecule has 21 heavy (non-hydrogen) atoms. The Labute approximate surface area is 123 Å². The molecule has 0 aliphatic heterocycles. The van der Waals surface area contributed by atoms with E-state index in [1.807, 2.05) is 44.2 Å². The van der Waals surface area contributed by atoms with E-state index in [-0.39, 0.29) is 18.0 Å². The molecule has 0 spiro atoms. The van der Waals surface area contributed by atoms with Gasteiger partial charge in [-0.3, -0.25) is 14.9 Å². The van der Waals surface area contributed by atoms with Crippen LogP contribution in [0.25, 0.3) is 0 Å². The molecular formula is C16H17NO4.